The van der Waals surface area contributed by atoms with Gasteiger partial charge in [-0.05, 0) is 0 Å². The standard InChI is InChI=1S/C6H6F6O2S/c1-2-3(4(7)5(8)9)15(13,14)6(10,11)12/h2-5H,1H2. The SMILES string of the molecule is C=CC(C(F)C(F)F)S(=O)(=O)C(F)(F)F. The van der Waals surface area contributed by atoms with Gasteiger partial charge in [-0.15, -0.1) is 6.58 Å². The summed E-state index contributed by atoms with van der Waals surface area (Å²) in [5, 5.41) is -2.99. The summed E-state index contributed by atoms with van der Waals surface area (Å²) in [6.07, 6.45) is -7.28. The van der Waals surface area contributed by atoms with E-state index in [4.69, 9.17) is 0 Å². The molecule has 90 valence electrons. The Morgan fingerprint density at radius 1 is 1.13 bits per heavy atom. The molecule has 0 saturated carbocycles. The van der Waals surface area contributed by atoms with Crippen molar-refractivity contribution in [2.24, 2.45) is 0 Å². The van der Waals surface area contributed by atoms with Crippen molar-refractivity contribution >= 4 is 9.84 Å². The first kappa shape index (κ1) is 14.3. The number of sulfone groups is 1. The van der Waals surface area contributed by atoms with Crippen molar-refractivity contribution in [3.63, 3.8) is 0 Å². The highest BCUT2D eigenvalue weighted by Crippen LogP contribution is 2.31. The predicted molar refractivity (Wildman–Crippen MR) is 39.9 cm³/mol. The lowest BCUT2D eigenvalue weighted by atomic mass is 10.3. The van der Waals surface area contributed by atoms with Crippen LogP contribution in [0.4, 0.5) is 26.3 Å². The molecular weight excluding hydrogens is 250 g/mol. The number of alkyl halides is 6. The van der Waals surface area contributed by atoms with Crippen LogP contribution in [0.25, 0.3) is 0 Å². The molecule has 0 N–H and O–H groups in total. The van der Waals surface area contributed by atoms with Gasteiger partial charge in [-0.2, -0.15) is 13.2 Å². The van der Waals surface area contributed by atoms with Crippen LogP contribution in [0.1, 0.15) is 0 Å². The number of halogens is 6. The zero-order valence-electron chi connectivity index (χ0n) is 7.01. The Kier molecular flexibility index (Phi) is 4.20. The highest BCUT2D eigenvalue weighted by molar-refractivity contribution is 7.93. The fourth-order valence-corrected chi connectivity index (χ4v) is 1.75. The minimum Gasteiger partial charge on any atom is -0.239 e. The molecular formula is C6H6F6O2S. The Morgan fingerprint density at radius 3 is 1.73 bits per heavy atom. The van der Waals surface area contributed by atoms with Crippen molar-refractivity contribution in [2.45, 2.75) is 23.4 Å². The van der Waals surface area contributed by atoms with Crippen molar-refractivity contribution in [3.8, 4) is 0 Å². The molecule has 0 aliphatic carbocycles. The first-order valence-electron chi connectivity index (χ1n) is 3.40. The summed E-state index contributed by atoms with van der Waals surface area (Å²) in [6, 6.07) is 0. The van der Waals surface area contributed by atoms with Crippen molar-refractivity contribution in [2.75, 3.05) is 0 Å². The molecule has 2 atom stereocenters. The molecule has 0 radical (unpaired) electrons. The number of hydrogen-bond donors (Lipinski definition) is 0. The van der Waals surface area contributed by atoms with Crippen LogP contribution in [0, 0.1) is 0 Å². The van der Waals surface area contributed by atoms with Crippen molar-refractivity contribution in [1.29, 1.82) is 0 Å². The number of hydrogen-bond acceptors (Lipinski definition) is 2. The Labute approximate surface area is 81.5 Å². The van der Waals surface area contributed by atoms with E-state index >= 15 is 0 Å². The van der Waals surface area contributed by atoms with Crippen LogP contribution in [-0.4, -0.2) is 31.8 Å². The molecule has 0 aromatic carbocycles. The highest BCUT2D eigenvalue weighted by Gasteiger charge is 2.53. The third kappa shape index (κ3) is 2.86. The van der Waals surface area contributed by atoms with Gasteiger partial charge in [0.1, 0.15) is 5.25 Å². The van der Waals surface area contributed by atoms with Crippen LogP contribution >= 0.6 is 0 Å². The molecule has 0 fully saturated rings. The first-order valence-corrected chi connectivity index (χ1v) is 4.95. The topological polar surface area (TPSA) is 34.1 Å². The van der Waals surface area contributed by atoms with Gasteiger partial charge in [0.05, 0.1) is 0 Å². The Morgan fingerprint density at radius 2 is 1.53 bits per heavy atom. The van der Waals surface area contributed by atoms with Gasteiger partial charge in [-0.25, -0.2) is 21.6 Å². The average Bonchev–Trinajstić information content (AvgIpc) is 2.02. The fourth-order valence-electron chi connectivity index (χ4n) is 0.726. The lowest BCUT2D eigenvalue weighted by molar-refractivity contribution is -0.0460. The second-order valence-electron chi connectivity index (χ2n) is 2.47. The molecule has 0 aromatic rings. The summed E-state index contributed by atoms with van der Waals surface area (Å²) >= 11 is 0. The summed E-state index contributed by atoms with van der Waals surface area (Å²) in [5.74, 6) is 0. The van der Waals surface area contributed by atoms with Crippen LogP contribution in [-0.2, 0) is 9.84 Å². The van der Waals surface area contributed by atoms with Crippen LogP contribution in [0.15, 0.2) is 12.7 Å². The zero-order valence-corrected chi connectivity index (χ0v) is 7.83. The average molecular weight is 256 g/mol. The third-order valence-corrected chi connectivity index (χ3v) is 3.28. The van der Waals surface area contributed by atoms with Crippen LogP contribution in [0.5, 0.6) is 0 Å². The minimum atomic E-state index is -6.01. The molecule has 0 bridgehead atoms. The maximum atomic E-state index is 12.5. The largest absolute Gasteiger partial charge is 0.498 e. The highest BCUT2D eigenvalue weighted by atomic mass is 32.2. The van der Waals surface area contributed by atoms with Gasteiger partial charge < -0.3 is 0 Å². The molecule has 2 nitrogen and oxygen atoms in total. The van der Waals surface area contributed by atoms with Crippen molar-refractivity contribution in [3.05, 3.63) is 12.7 Å². The van der Waals surface area contributed by atoms with E-state index in [0.29, 0.717) is 0 Å². The van der Waals surface area contributed by atoms with Gasteiger partial charge in [0.15, 0.2) is 6.17 Å². The maximum Gasteiger partial charge on any atom is 0.498 e. The molecule has 15 heavy (non-hydrogen) atoms. The molecule has 0 heterocycles. The third-order valence-electron chi connectivity index (χ3n) is 1.47. The smallest absolute Gasteiger partial charge is 0.239 e. The minimum absolute atomic E-state index is 0.000347. The van der Waals surface area contributed by atoms with E-state index in [9.17, 15) is 34.8 Å². The Hall–Kier alpha value is -0.730. The zero-order chi connectivity index (χ0) is 12.4. The van der Waals surface area contributed by atoms with Gasteiger partial charge in [-0.3, -0.25) is 0 Å². The summed E-state index contributed by atoms with van der Waals surface area (Å²) < 4.78 is 92.6. The number of rotatable bonds is 4. The summed E-state index contributed by atoms with van der Waals surface area (Å²) in [7, 11) is -6.01. The summed E-state index contributed by atoms with van der Waals surface area (Å²) in [4.78, 5) is 0. The molecule has 2 unspecified atom stereocenters. The van der Waals surface area contributed by atoms with E-state index in [1.807, 2.05) is 0 Å². The molecule has 0 aromatic heterocycles. The molecule has 0 amide bonds. The lowest BCUT2D eigenvalue weighted by Crippen LogP contribution is -2.41. The van der Waals surface area contributed by atoms with Crippen LogP contribution < -0.4 is 0 Å². The van der Waals surface area contributed by atoms with Crippen LogP contribution in [0.3, 0.4) is 0 Å². The first-order chi connectivity index (χ1) is 6.55. The quantitative estimate of drug-likeness (QED) is 0.570. The van der Waals surface area contributed by atoms with E-state index < -0.39 is 33.2 Å². The Bertz CT molecular complexity index is 319. The monoisotopic (exact) mass is 256 g/mol. The van der Waals surface area contributed by atoms with E-state index in [2.05, 4.69) is 6.58 Å². The summed E-state index contributed by atoms with van der Waals surface area (Å²) in [6.45, 7) is 2.59. The molecule has 0 rings (SSSR count). The fraction of sp³-hybridized carbons (Fsp3) is 0.667. The van der Waals surface area contributed by atoms with Crippen molar-refractivity contribution < 1.29 is 34.8 Å². The molecule has 9 heteroatoms. The van der Waals surface area contributed by atoms with Gasteiger partial charge in [0, 0.05) is 0 Å². The second kappa shape index (κ2) is 4.42. The Balaban J connectivity index is 5.26. The molecule has 0 aliphatic rings. The molecule has 0 saturated heterocycles. The van der Waals surface area contributed by atoms with Gasteiger partial charge >= 0.3 is 5.51 Å². The van der Waals surface area contributed by atoms with Gasteiger partial charge in [-0.1, -0.05) is 6.08 Å². The normalized spacial score (nSPS) is 17.5. The molecule has 0 spiro atoms. The molecule has 0 aliphatic heterocycles. The van der Waals surface area contributed by atoms with E-state index in [1.54, 1.807) is 0 Å². The van der Waals surface area contributed by atoms with E-state index in [-0.39, 0.29) is 6.08 Å². The van der Waals surface area contributed by atoms with Gasteiger partial charge in [0.2, 0.25) is 0 Å². The maximum absolute atomic E-state index is 12.5. The predicted octanol–water partition coefficient (Wildman–Crippen LogP) is 2.08. The van der Waals surface area contributed by atoms with Gasteiger partial charge in [0.25, 0.3) is 16.3 Å². The summed E-state index contributed by atoms with van der Waals surface area (Å²) in [5.41, 5.74) is -5.79. The van der Waals surface area contributed by atoms with Crippen LogP contribution in [0.2, 0.25) is 0 Å². The van der Waals surface area contributed by atoms with Crippen molar-refractivity contribution in [1.82, 2.24) is 0 Å². The van der Waals surface area contributed by atoms with E-state index in [1.165, 1.54) is 0 Å². The van der Waals surface area contributed by atoms with E-state index in [0.717, 1.165) is 0 Å². The second-order valence-corrected chi connectivity index (χ2v) is 4.57. The lowest BCUT2D eigenvalue weighted by Gasteiger charge is -2.18.